The molecule has 0 saturated heterocycles. The first-order valence-electron chi connectivity index (χ1n) is 3.65. The number of hydrogen-bond donors (Lipinski definition) is 1. The Hall–Kier alpha value is -1.02. The summed E-state index contributed by atoms with van der Waals surface area (Å²) < 4.78 is 0. The zero-order valence-electron chi connectivity index (χ0n) is 6.75. The number of nitrogens with two attached hydrogens (primary N) is 1. The standard InChI is InChI=1S/C9H10ClNO/c1-6(5-12)8-4-7(10)2-3-9(8)11/h2-6H,11H2,1H3. The maximum Gasteiger partial charge on any atom is 0.127 e. The van der Waals surface area contributed by atoms with Crippen LogP contribution in [0.2, 0.25) is 5.02 Å². The van der Waals surface area contributed by atoms with Crippen molar-refractivity contribution in [2.75, 3.05) is 5.73 Å². The molecule has 0 spiro atoms. The summed E-state index contributed by atoms with van der Waals surface area (Å²) in [5.41, 5.74) is 7.05. The van der Waals surface area contributed by atoms with Crippen LogP contribution in [0.3, 0.4) is 0 Å². The van der Waals surface area contributed by atoms with Crippen LogP contribution < -0.4 is 5.73 Å². The summed E-state index contributed by atoms with van der Waals surface area (Å²) in [7, 11) is 0. The monoisotopic (exact) mass is 183 g/mol. The molecule has 0 aromatic heterocycles. The van der Waals surface area contributed by atoms with Crippen molar-refractivity contribution in [1.82, 2.24) is 0 Å². The number of carbonyl (C=O) groups excluding carboxylic acids is 1. The van der Waals surface area contributed by atoms with E-state index in [1.54, 1.807) is 25.1 Å². The van der Waals surface area contributed by atoms with Gasteiger partial charge in [0.15, 0.2) is 0 Å². The van der Waals surface area contributed by atoms with Crippen LogP contribution in [0.25, 0.3) is 0 Å². The Morgan fingerprint density at radius 3 is 2.83 bits per heavy atom. The van der Waals surface area contributed by atoms with Gasteiger partial charge < -0.3 is 10.5 Å². The molecule has 2 nitrogen and oxygen atoms in total. The summed E-state index contributed by atoms with van der Waals surface area (Å²) in [6.45, 7) is 1.79. The van der Waals surface area contributed by atoms with Crippen molar-refractivity contribution < 1.29 is 4.79 Å². The van der Waals surface area contributed by atoms with Gasteiger partial charge in [0.05, 0.1) is 0 Å². The van der Waals surface area contributed by atoms with Crippen LogP contribution in [0, 0.1) is 0 Å². The van der Waals surface area contributed by atoms with Gasteiger partial charge in [-0.3, -0.25) is 0 Å². The molecule has 0 aliphatic carbocycles. The maximum absolute atomic E-state index is 10.5. The van der Waals surface area contributed by atoms with Crippen molar-refractivity contribution in [2.24, 2.45) is 0 Å². The van der Waals surface area contributed by atoms with Crippen molar-refractivity contribution in [3.8, 4) is 0 Å². The molecule has 1 aromatic rings. The fourth-order valence-corrected chi connectivity index (χ4v) is 1.19. The zero-order chi connectivity index (χ0) is 9.14. The van der Waals surface area contributed by atoms with E-state index in [1.165, 1.54) is 0 Å². The van der Waals surface area contributed by atoms with Gasteiger partial charge in [-0.25, -0.2) is 0 Å². The Bertz CT molecular complexity index is 299. The minimum absolute atomic E-state index is 0.191. The third kappa shape index (κ3) is 1.77. The van der Waals surface area contributed by atoms with E-state index >= 15 is 0 Å². The number of nitrogen functional groups attached to an aromatic ring is 1. The van der Waals surface area contributed by atoms with Crippen LogP contribution in [-0.4, -0.2) is 6.29 Å². The van der Waals surface area contributed by atoms with Crippen LogP contribution in [0.1, 0.15) is 18.4 Å². The number of carbonyl (C=O) groups is 1. The highest BCUT2D eigenvalue weighted by Crippen LogP contribution is 2.23. The van der Waals surface area contributed by atoms with Crippen LogP contribution in [0.5, 0.6) is 0 Å². The zero-order valence-corrected chi connectivity index (χ0v) is 7.51. The third-order valence-corrected chi connectivity index (χ3v) is 1.98. The van der Waals surface area contributed by atoms with E-state index in [-0.39, 0.29) is 5.92 Å². The highest BCUT2D eigenvalue weighted by Gasteiger charge is 2.07. The topological polar surface area (TPSA) is 43.1 Å². The Balaban J connectivity index is 3.12. The lowest BCUT2D eigenvalue weighted by molar-refractivity contribution is -0.108. The van der Waals surface area contributed by atoms with E-state index in [1.807, 2.05) is 0 Å². The molecule has 0 fully saturated rings. The fraction of sp³-hybridized carbons (Fsp3) is 0.222. The van der Waals surface area contributed by atoms with Crippen molar-refractivity contribution in [3.63, 3.8) is 0 Å². The summed E-state index contributed by atoms with van der Waals surface area (Å²) in [6, 6.07) is 5.13. The molecule has 1 rings (SSSR count). The highest BCUT2D eigenvalue weighted by atomic mass is 35.5. The van der Waals surface area contributed by atoms with Crippen molar-refractivity contribution >= 4 is 23.6 Å². The summed E-state index contributed by atoms with van der Waals surface area (Å²) in [4.78, 5) is 10.5. The van der Waals surface area contributed by atoms with E-state index in [0.717, 1.165) is 11.8 Å². The summed E-state index contributed by atoms with van der Waals surface area (Å²) in [5.74, 6) is -0.191. The number of aldehydes is 1. The van der Waals surface area contributed by atoms with E-state index in [4.69, 9.17) is 17.3 Å². The van der Waals surface area contributed by atoms with E-state index < -0.39 is 0 Å². The molecular weight excluding hydrogens is 174 g/mol. The van der Waals surface area contributed by atoms with Crippen LogP contribution in [0.15, 0.2) is 18.2 Å². The van der Waals surface area contributed by atoms with Crippen LogP contribution in [-0.2, 0) is 4.79 Å². The molecule has 1 aromatic carbocycles. The maximum atomic E-state index is 10.5. The van der Waals surface area contributed by atoms with Crippen molar-refractivity contribution in [2.45, 2.75) is 12.8 Å². The number of hydrogen-bond acceptors (Lipinski definition) is 2. The van der Waals surface area contributed by atoms with Gasteiger partial charge in [0, 0.05) is 16.6 Å². The fourth-order valence-electron chi connectivity index (χ4n) is 1.01. The molecule has 0 amide bonds. The SMILES string of the molecule is CC(C=O)c1cc(Cl)ccc1N. The number of rotatable bonds is 2. The lowest BCUT2D eigenvalue weighted by Gasteiger charge is -2.07. The lowest BCUT2D eigenvalue weighted by atomic mass is 10.0. The minimum atomic E-state index is -0.191. The molecule has 0 saturated carbocycles. The predicted octanol–water partition coefficient (Wildman–Crippen LogP) is 2.22. The second-order valence-corrected chi connectivity index (χ2v) is 3.13. The molecule has 2 N–H and O–H groups in total. The largest absolute Gasteiger partial charge is 0.398 e. The molecule has 64 valence electrons. The van der Waals surface area contributed by atoms with Gasteiger partial charge in [0.25, 0.3) is 0 Å². The van der Waals surface area contributed by atoms with Gasteiger partial charge in [0.2, 0.25) is 0 Å². The molecular formula is C9H10ClNO. The Morgan fingerprint density at radius 2 is 2.25 bits per heavy atom. The molecule has 0 heterocycles. The van der Waals surface area contributed by atoms with E-state index in [9.17, 15) is 4.79 Å². The smallest absolute Gasteiger partial charge is 0.127 e. The molecule has 12 heavy (non-hydrogen) atoms. The lowest BCUT2D eigenvalue weighted by Crippen LogP contribution is -1.99. The van der Waals surface area contributed by atoms with Gasteiger partial charge in [-0.2, -0.15) is 0 Å². The average molecular weight is 184 g/mol. The van der Waals surface area contributed by atoms with Crippen LogP contribution >= 0.6 is 11.6 Å². The average Bonchev–Trinajstić information content (AvgIpc) is 2.08. The molecule has 0 aliphatic rings. The molecule has 3 heteroatoms. The first-order valence-corrected chi connectivity index (χ1v) is 4.03. The second kappa shape index (κ2) is 3.59. The second-order valence-electron chi connectivity index (χ2n) is 2.70. The Morgan fingerprint density at radius 1 is 1.58 bits per heavy atom. The van der Waals surface area contributed by atoms with Gasteiger partial charge >= 0.3 is 0 Å². The summed E-state index contributed by atoms with van der Waals surface area (Å²) in [5, 5.41) is 0.605. The highest BCUT2D eigenvalue weighted by molar-refractivity contribution is 6.30. The quantitative estimate of drug-likeness (QED) is 0.565. The van der Waals surface area contributed by atoms with Crippen molar-refractivity contribution in [3.05, 3.63) is 28.8 Å². The number of benzene rings is 1. The number of anilines is 1. The third-order valence-electron chi connectivity index (χ3n) is 1.74. The van der Waals surface area contributed by atoms with Gasteiger partial charge in [-0.15, -0.1) is 0 Å². The molecule has 0 bridgehead atoms. The van der Waals surface area contributed by atoms with Gasteiger partial charge in [-0.05, 0) is 23.8 Å². The predicted molar refractivity (Wildman–Crippen MR) is 50.3 cm³/mol. The first kappa shape index (κ1) is 9.07. The summed E-state index contributed by atoms with van der Waals surface area (Å²) >= 11 is 5.75. The molecule has 1 atom stereocenters. The van der Waals surface area contributed by atoms with Gasteiger partial charge in [0.1, 0.15) is 6.29 Å². The molecule has 0 radical (unpaired) electrons. The minimum Gasteiger partial charge on any atom is -0.398 e. The normalized spacial score (nSPS) is 12.5. The van der Waals surface area contributed by atoms with E-state index in [0.29, 0.717) is 10.7 Å². The Kier molecular flexibility index (Phi) is 2.71. The van der Waals surface area contributed by atoms with E-state index in [2.05, 4.69) is 0 Å². The molecule has 0 aliphatic heterocycles. The summed E-state index contributed by atoms with van der Waals surface area (Å²) in [6.07, 6.45) is 0.849. The van der Waals surface area contributed by atoms with Crippen LogP contribution in [0.4, 0.5) is 5.69 Å². The van der Waals surface area contributed by atoms with Crippen molar-refractivity contribution in [1.29, 1.82) is 0 Å². The van der Waals surface area contributed by atoms with Gasteiger partial charge in [-0.1, -0.05) is 18.5 Å². The Labute approximate surface area is 76.3 Å². The first-order chi connectivity index (χ1) is 5.65. The molecule has 1 unspecified atom stereocenters. The number of halogens is 1.